The second-order valence-electron chi connectivity index (χ2n) is 4.81. The van der Waals surface area contributed by atoms with E-state index in [0.717, 1.165) is 39.1 Å². The Kier molecular flexibility index (Phi) is 4.68. The molecule has 2 unspecified atom stereocenters. The van der Waals surface area contributed by atoms with Crippen LogP contribution in [0.3, 0.4) is 0 Å². The van der Waals surface area contributed by atoms with Crippen LogP contribution in [0.1, 0.15) is 38.1 Å². The van der Waals surface area contributed by atoms with Gasteiger partial charge in [0.15, 0.2) is 0 Å². The van der Waals surface area contributed by atoms with Gasteiger partial charge in [0, 0.05) is 25.6 Å². The molecule has 1 saturated heterocycles. The molecule has 0 aromatic carbocycles. The van der Waals surface area contributed by atoms with E-state index in [1.54, 1.807) is 0 Å². The molecule has 6 heteroatoms. The van der Waals surface area contributed by atoms with Crippen molar-refractivity contribution in [1.82, 2.24) is 15.0 Å². The first-order chi connectivity index (χ1) is 8.69. The minimum Gasteiger partial charge on any atom is -0.367 e. The van der Waals surface area contributed by atoms with Crippen molar-refractivity contribution < 1.29 is 9.26 Å². The van der Waals surface area contributed by atoms with Crippen molar-refractivity contribution >= 4 is 0 Å². The number of morpholine rings is 1. The van der Waals surface area contributed by atoms with Crippen LogP contribution >= 0.6 is 0 Å². The van der Waals surface area contributed by atoms with Gasteiger partial charge in [0.25, 0.3) is 0 Å². The van der Waals surface area contributed by atoms with Crippen LogP contribution in [0.5, 0.6) is 0 Å². The molecular formula is C12H22N4O2. The average molecular weight is 254 g/mol. The van der Waals surface area contributed by atoms with E-state index in [4.69, 9.17) is 15.0 Å². The number of hydrogen-bond donors (Lipinski definition) is 1. The van der Waals surface area contributed by atoms with Gasteiger partial charge in [-0.25, -0.2) is 0 Å². The van der Waals surface area contributed by atoms with E-state index in [0.29, 0.717) is 11.7 Å². The first-order valence-electron chi connectivity index (χ1n) is 6.61. The molecule has 102 valence electrons. The highest BCUT2D eigenvalue weighted by atomic mass is 16.5. The molecule has 0 amide bonds. The molecule has 1 fully saturated rings. The Morgan fingerprint density at radius 3 is 3.11 bits per heavy atom. The summed E-state index contributed by atoms with van der Waals surface area (Å²) in [6, 6.07) is 0.155. The van der Waals surface area contributed by atoms with Crippen molar-refractivity contribution in [3.05, 3.63) is 11.7 Å². The van der Waals surface area contributed by atoms with Crippen molar-refractivity contribution in [2.24, 2.45) is 5.73 Å². The number of hydrogen-bond acceptors (Lipinski definition) is 6. The average Bonchev–Trinajstić information content (AvgIpc) is 2.85. The summed E-state index contributed by atoms with van der Waals surface area (Å²) in [6.07, 6.45) is 1.52. The number of likely N-dealkylation sites (N-methyl/N-ethyl adjacent to an activating group) is 1. The van der Waals surface area contributed by atoms with Gasteiger partial charge in [-0.2, -0.15) is 4.98 Å². The smallest absolute Gasteiger partial charge is 0.226 e. The lowest BCUT2D eigenvalue weighted by molar-refractivity contribution is -0.0334. The van der Waals surface area contributed by atoms with E-state index < -0.39 is 0 Å². The van der Waals surface area contributed by atoms with Crippen molar-refractivity contribution in [1.29, 1.82) is 0 Å². The Labute approximate surface area is 107 Å². The molecule has 0 saturated carbocycles. The predicted octanol–water partition coefficient (Wildman–Crippen LogP) is 0.743. The molecule has 18 heavy (non-hydrogen) atoms. The third-order valence-corrected chi connectivity index (χ3v) is 3.18. The maximum atomic E-state index is 5.70. The zero-order valence-corrected chi connectivity index (χ0v) is 11.1. The highest BCUT2D eigenvalue weighted by Gasteiger charge is 2.25. The molecule has 2 rings (SSSR count). The summed E-state index contributed by atoms with van der Waals surface area (Å²) in [4.78, 5) is 6.72. The molecule has 0 radical (unpaired) electrons. The third-order valence-electron chi connectivity index (χ3n) is 3.18. The Morgan fingerprint density at radius 1 is 1.56 bits per heavy atom. The highest BCUT2D eigenvalue weighted by molar-refractivity contribution is 4.94. The van der Waals surface area contributed by atoms with Crippen LogP contribution < -0.4 is 5.73 Å². The zero-order chi connectivity index (χ0) is 13.0. The van der Waals surface area contributed by atoms with Gasteiger partial charge in [-0.1, -0.05) is 12.1 Å². The quantitative estimate of drug-likeness (QED) is 0.835. The van der Waals surface area contributed by atoms with E-state index in [2.05, 4.69) is 22.0 Å². The molecule has 1 aromatic rings. The lowest BCUT2D eigenvalue weighted by Crippen LogP contribution is -2.38. The Balaban J connectivity index is 1.92. The summed E-state index contributed by atoms with van der Waals surface area (Å²) < 4.78 is 10.9. The Bertz CT molecular complexity index is 367. The topological polar surface area (TPSA) is 77.4 Å². The van der Waals surface area contributed by atoms with Crippen molar-refractivity contribution in [3.63, 3.8) is 0 Å². The van der Waals surface area contributed by atoms with Crippen molar-refractivity contribution in [2.45, 2.75) is 38.8 Å². The van der Waals surface area contributed by atoms with Crippen LogP contribution in [-0.2, 0) is 11.2 Å². The number of nitrogens with zero attached hydrogens (tertiary/aromatic N) is 3. The highest BCUT2D eigenvalue weighted by Crippen LogP contribution is 2.19. The molecule has 2 heterocycles. The van der Waals surface area contributed by atoms with E-state index >= 15 is 0 Å². The summed E-state index contributed by atoms with van der Waals surface area (Å²) in [6.45, 7) is 7.68. The summed E-state index contributed by atoms with van der Waals surface area (Å²) in [5, 5.41) is 4.01. The van der Waals surface area contributed by atoms with Crippen LogP contribution in [-0.4, -0.2) is 47.3 Å². The lowest BCUT2D eigenvalue weighted by Gasteiger charge is -2.30. The van der Waals surface area contributed by atoms with Gasteiger partial charge >= 0.3 is 0 Å². The fourth-order valence-electron chi connectivity index (χ4n) is 2.00. The van der Waals surface area contributed by atoms with Crippen LogP contribution in [0.4, 0.5) is 0 Å². The van der Waals surface area contributed by atoms with E-state index in [-0.39, 0.29) is 12.1 Å². The van der Waals surface area contributed by atoms with Gasteiger partial charge in [0.05, 0.1) is 6.61 Å². The summed E-state index contributed by atoms with van der Waals surface area (Å²) >= 11 is 0. The summed E-state index contributed by atoms with van der Waals surface area (Å²) in [5.41, 5.74) is 5.70. The van der Waals surface area contributed by atoms with Crippen LogP contribution in [0, 0.1) is 0 Å². The minimum absolute atomic E-state index is 0.0634. The van der Waals surface area contributed by atoms with Crippen LogP contribution in [0.25, 0.3) is 0 Å². The lowest BCUT2D eigenvalue weighted by atomic mass is 10.2. The van der Waals surface area contributed by atoms with Gasteiger partial charge in [-0.05, 0) is 19.9 Å². The molecule has 1 aliphatic rings. The summed E-state index contributed by atoms with van der Waals surface area (Å²) in [5.74, 6) is 1.31. The largest absolute Gasteiger partial charge is 0.367 e. The number of nitrogens with two attached hydrogens (primary N) is 1. The van der Waals surface area contributed by atoms with Gasteiger partial charge < -0.3 is 15.0 Å². The monoisotopic (exact) mass is 254 g/mol. The number of rotatable bonds is 5. The normalized spacial score (nSPS) is 23.2. The van der Waals surface area contributed by atoms with Gasteiger partial charge in [-0.3, -0.25) is 4.90 Å². The molecule has 1 aromatic heterocycles. The van der Waals surface area contributed by atoms with Gasteiger partial charge in [0.2, 0.25) is 11.7 Å². The number of aryl methyl sites for hydroxylation is 1. The van der Waals surface area contributed by atoms with Crippen molar-refractivity contribution in [2.75, 3.05) is 26.2 Å². The van der Waals surface area contributed by atoms with Gasteiger partial charge in [-0.15, -0.1) is 0 Å². The maximum absolute atomic E-state index is 5.70. The predicted molar refractivity (Wildman–Crippen MR) is 67.1 cm³/mol. The first kappa shape index (κ1) is 13.5. The van der Waals surface area contributed by atoms with Gasteiger partial charge in [0.1, 0.15) is 6.10 Å². The molecule has 0 aliphatic carbocycles. The van der Waals surface area contributed by atoms with Crippen LogP contribution in [0.15, 0.2) is 4.52 Å². The standard InChI is InChI=1S/C12H22N4O2/c1-3-16-6-7-17-10(8-16)12-14-11(18-15-12)5-4-9(2)13/h9-10H,3-8,13H2,1-2H3. The third kappa shape index (κ3) is 3.51. The SMILES string of the molecule is CCN1CCOC(c2noc(CCC(C)N)n2)C1. The second-order valence-corrected chi connectivity index (χ2v) is 4.81. The van der Waals surface area contributed by atoms with Crippen LogP contribution in [0.2, 0.25) is 0 Å². The fraction of sp³-hybridized carbons (Fsp3) is 0.833. The number of aromatic nitrogens is 2. The molecule has 0 bridgehead atoms. The minimum atomic E-state index is -0.0634. The Morgan fingerprint density at radius 2 is 2.39 bits per heavy atom. The Hall–Kier alpha value is -0.980. The summed E-state index contributed by atoms with van der Waals surface area (Å²) in [7, 11) is 0. The maximum Gasteiger partial charge on any atom is 0.226 e. The molecule has 2 N–H and O–H groups in total. The molecule has 2 atom stereocenters. The van der Waals surface area contributed by atoms with E-state index in [1.807, 2.05) is 6.92 Å². The number of ether oxygens (including phenoxy) is 1. The fourth-order valence-corrected chi connectivity index (χ4v) is 2.00. The van der Waals surface area contributed by atoms with E-state index in [1.165, 1.54) is 0 Å². The molecular weight excluding hydrogens is 232 g/mol. The first-order valence-corrected chi connectivity index (χ1v) is 6.61. The van der Waals surface area contributed by atoms with Crippen molar-refractivity contribution in [3.8, 4) is 0 Å². The molecule has 1 aliphatic heterocycles. The second kappa shape index (κ2) is 6.26. The zero-order valence-electron chi connectivity index (χ0n) is 11.1. The van der Waals surface area contributed by atoms with E-state index in [9.17, 15) is 0 Å². The molecule has 6 nitrogen and oxygen atoms in total. The molecule has 0 spiro atoms.